The number of anilines is 1. The van der Waals surface area contributed by atoms with Gasteiger partial charge < -0.3 is 9.88 Å². The maximum Gasteiger partial charge on any atom is 0.251 e. The zero-order valence-electron chi connectivity index (χ0n) is 12.9. The van der Waals surface area contributed by atoms with Gasteiger partial charge in [0.1, 0.15) is 6.54 Å². The average molecular weight is 363 g/mol. The first kappa shape index (κ1) is 16.5. The Bertz CT molecular complexity index is 728. The summed E-state index contributed by atoms with van der Waals surface area (Å²) in [6, 6.07) is 10.8. The lowest BCUT2D eigenvalue weighted by Crippen LogP contribution is -2.26. The Balaban J connectivity index is 2.06. The van der Waals surface area contributed by atoms with Gasteiger partial charge in [-0.1, -0.05) is 32.9 Å². The number of amides is 1. The number of pyridine rings is 1. The van der Waals surface area contributed by atoms with Crippen LogP contribution < -0.4 is 10.9 Å². The molecule has 1 heterocycles. The van der Waals surface area contributed by atoms with Gasteiger partial charge in [-0.15, -0.1) is 0 Å². The highest BCUT2D eigenvalue weighted by Gasteiger charge is 2.13. The fourth-order valence-corrected chi connectivity index (χ4v) is 2.41. The molecule has 0 bridgehead atoms. The quantitative estimate of drug-likeness (QED) is 0.907. The van der Waals surface area contributed by atoms with E-state index < -0.39 is 0 Å². The summed E-state index contributed by atoms with van der Waals surface area (Å²) >= 11 is 3.29. The zero-order chi connectivity index (χ0) is 16.3. The normalized spacial score (nSPS) is 11.3. The third kappa shape index (κ3) is 4.31. The maximum atomic E-state index is 12.0. The molecule has 22 heavy (non-hydrogen) atoms. The second kappa shape index (κ2) is 6.48. The van der Waals surface area contributed by atoms with Gasteiger partial charge in [0.25, 0.3) is 5.56 Å². The largest absolute Gasteiger partial charge is 0.325 e. The van der Waals surface area contributed by atoms with Crippen LogP contribution in [0.4, 0.5) is 5.69 Å². The van der Waals surface area contributed by atoms with Crippen LogP contribution in [-0.2, 0) is 16.8 Å². The topological polar surface area (TPSA) is 51.1 Å². The van der Waals surface area contributed by atoms with Crippen LogP contribution in [0, 0.1) is 0 Å². The van der Waals surface area contributed by atoms with Gasteiger partial charge in [0, 0.05) is 22.4 Å². The Hall–Kier alpha value is -1.88. The molecule has 4 nitrogen and oxygen atoms in total. The standard InChI is InChI=1S/C17H19BrN2O2/c1-17(2,3)12-4-7-14(8-5-12)19-15(21)11-20-10-13(18)6-9-16(20)22/h4-10H,11H2,1-3H3,(H,19,21). The Morgan fingerprint density at radius 1 is 1.14 bits per heavy atom. The first-order valence-corrected chi connectivity index (χ1v) is 7.81. The number of nitrogens with one attached hydrogen (secondary N) is 1. The van der Waals surface area contributed by atoms with Gasteiger partial charge in [0.2, 0.25) is 5.91 Å². The molecule has 1 aromatic heterocycles. The second-order valence-corrected chi connectivity index (χ2v) is 7.10. The van der Waals surface area contributed by atoms with Crippen LogP contribution in [-0.4, -0.2) is 10.5 Å². The molecule has 1 amide bonds. The molecule has 1 N–H and O–H groups in total. The van der Waals surface area contributed by atoms with Gasteiger partial charge in [-0.3, -0.25) is 9.59 Å². The third-order valence-electron chi connectivity index (χ3n) is 3.30. The first-order chi connectivity index (χ1) is 10.3. The molecule has 2 aromatic rings. The predicted octanol–water partition coefficient (Wildman–Crippen LogP) is 3.55. The van der Waals surface area contributed by atoms with Crippen molar-refractivity contribution >= 4 is 27.5 Å². The molecule has 1 aromatic carbocycles. The van der Waals surface area contributed by atoms with Crippen LogP contribution in [0.5, 0.6) is 0 Å². The summed E-state index contributed by atoms with van der Waals surface area (Å²) in [5.74, 6) is -0.233. The average Bonchev–Trinajstić information content (AvgIpc) is 2.42. The first-order valence-electron chi connectivity index (χ1n) is 7.02. The minimum atomic E-state index is -0.233. The van der Waals surface area contributed by atoms with E-state index in [2.05, 4.69) is 42.0 Å². The Labute approximate surface area is 138 Å². The number of hydrogen-bond donors (Lipinski definition) is 1. The summed E-state index contributed by atoms with van der Waals surface area (Å²) in [6.45, 7) is 6.40. The molecular weight excluding hydrogens is 344 g/mol. The van der Waals surface area contributed by atoms with Crippen LogP contribution in [0.1, 0.15) is 26.3 Å². The van der Waals surface area contributed by atoms with Gasteiger partial charge >= 0.3 is 0 Å². The van der Waals surface area contributed by atoms with Crippen molar-refractivity contribution in [1.29, 1.82) is 0 Å². The summed E-state index contributed by atoms with van der Waals surface area (Å²) in [5.41, 5.74) is 1.79. The third-order valence-corrected chi connectivity index (χ3v) is 3.77. The molecule has 0 saturated heterocycles. The number of carbonyl (C=O) groups is 1. The highest BCUT2D eigenvalue weighted by atomic mass is 79.9. The van der Waals surface area contributed by atoms with Crippen molar-refractivity contribution in [3.05, 3.63) is 63.0 Å². The molecule has 0 aliphatic heterocycles. The number of hydrogen-bond acceptors (Lipinski definition) is 2. The molecule has 0 spiro atoms. The van der Waals surface area contributed by atoms with Crippen molar-refractivity contribution in [1.82, 2.24) is 4.57 Å². The fourth-order valence-electron chi connectivity index (χ4n) is 2.03. The molecule has 0 saturated carbocycles. The summed E-state index contributed by atoms with van der Waals surface area (Å²) in [4.78, 5) is 23.7. The SMILES string of the molecule is CC(C)(C)c1ccc(NC(=O)Cn2cc(Br)ccc2=O)cc1. The molecule has 0 aliphatic carbocycles. The van der Waals surface area contributed by atoms with Gasteiger partial charge in [-0.05, 0) is 45.1 Å². The van der Waals surface area contributed by atoms with E-state index in [1.165, 1.54) is 16.2 Å². The van der Waals surface area contributed by atoms with E-state index in [0.717, 1.165) is 10.2 Å². The Kier molecular flexibility index (Phi) is 4.86. The van der Waals surface area contributed by atoms with Crippen molar-refractivity contribution in [2.45, 2.75) is 32.7 Å². The van der Waals surface area contributed by atoms with E-state index in [1.807, 2.05) is 24.3 Å². The van der Waals surface area contributed by atoms with Gasteiger partial charge in [-0.25, -0.2) is 0 Å². The molecule has 0 aliphatic rings. The van der Waals surface area contributed by atoms with Crippen molar-refractivity contribution in [3.8, 4) is 0 Å². The number of aromatic nitrogens is 1. The lowest BCUT2D eigenvalue weighted by molar-refractivity contribution is -0.116. The van der Waals surface area contributed by atoms with Crippen LogP contribution >= 0.6 is 15.9 Å². The zero-order valence-corrected chi connectivity index (χ0v) is 14.5. The van der Waals surface area contributed by atoms with E-state index in [0.29, 0.717) is 0 Å². The molecule has 0 unspecified atom stereocenters. The molecule has 0 atom stereocenters. The fraction of sp³-hybridized carbons (Fsp3) is 0.294. The predicted molar refractivity (Wildman–Crippen MR) is 92.2 cm³/mol. The lowest BCUT2D eigenvalue weighted by Gasteiger charge is -2.19. The molecule has 0 radical (unpaired) electrons. The van der Waals surface area contributed by atoms with E-state index >= 15 is 0 Å². The van der Waals surface area contributed by atoms with E-state index in [-0.39, 0.29) is 23.4 Å². The van der Waals surface area contributed by atoms with Gasteiger partial charge in [0.05, 0.1) is 0 Å². The van der Waals surface area contributed by atoms with E-state index in [9.17, 15) is 9.59 Å². The van der Waals surface area contributed by atoms with Crippen LogP contribution in [0.15, 0.2) is 51.9 Å². The number of carbonyl (C=O) groups excluding carboxylic acids is 1. The summed E-state index contributed by atoms with van der Waals surface area (Å²) in [6.07, 6.45) is 1.60. The highest BCUT2D eigenvalue weighted by Crippen LogP contribution is 2.23. The van der Waals surface area contributed by atoms with Crippen molar-refractivity contribution < 1.29 is 4.79 Å². The smallest absolute Gasteiger partial charge is 0.251 e. The number of benzene rings is 1. The summed E-state index contributed by atoms with van der Waals surface area (Å²) in [7, 11) is 0. The number of rotatable bonds is 3. The molecular formula is C17H19BrN2O2. The van der Waals surface area contributed by atoms with E-state index in [4.69, 9.17) is 0 Å². The highest BCUT2D eigenvalue weighted by molar-refractivity contribution is 9.10. The van der Waals surface area contributed by atoms with Crippen LogP contribution in [0.25, 0.3) is 0 Å². The van der Waals surface area contributed by atoms with Crippen LogP contribution in [0.3, 0.4) is 0 Å². The molecule has 116 valence electrons. The van der Waals surface area contributed by atoms with Crippen molar-refractivity contribution in [3.63, 3.8) is 0 Å². The maximum absolute atomic E-state index is 12.0. The second-order valence-electron chi connectivity index (χ2n) is 6.19. The summed E-state index contributed by atoms with van der Waals surface area (Å²) < 4.78 is 2.12. The Morgan fingerprint density at radius 3 is 2.36 bits per heavy atom. The monoisotopic (exact) mass is 362 g/mol. The van der Waals surface area contributed by atoms with Gasteiger partial charge in [-0.2, -0.15) is 0 Å². The summed E-state index contributed by atoms with van der Waals surface area (Å²) in [5, 5.41) is 2.80. The molecule has 0 fully saturated rings. The molecule has 2 rings (SSSR count). The van der Waals surface area contributed by atoms with Crippen molar-refractivity contribution in [2.75, 3.05) is 5.32 Å². The minimum Gasteiger partial charge on any atom is -0.325 e. The Morgan fingerprint density at radius 2 is 1.77 bits per heavy atom. The van der Waals surface area contributed by atoms with Crippen LogP contribution in [0.2, 0.25) is 0 Å². The number of nitrogens with zero attached hydrogens (tertiary/aromatic N) is 1. The number of halogens is 1. The lowest BCUT2D eigenvalue weighted by atomic mass is 9.87. The van der Waals surface area contributed by atoms with Gasteiger partial charge in [0.15, 0.2) is 0 Å². The van der Waals surface area contributed by atoms with Crippen molar-refractivity contribution in [2.24, 2.45) is 0 Å². The minimum absolute atomic E-state index is 0.0146. The van der Waals surface area contributed by atoms with E-state index in [1.54, 1.807) is 12.3 Å². The molecule has 5 heteroatoms.